The van der Waals surface area contributed by atoms with E-state index >= 15 is 0 Å². The van der Waals surface area contributed by atoms with Crippen LogP contribution in [0.5, 0.6) is 5.75 Å². The molecule has 0 bridgehead atoms. The van der Waals surface area contributed by atoms with Gasteiger partial charge in [-0.25, -0.2) is 0 Å². The third-order valence-electron chi connectivity index (χ3n) is 5.05. The van der Waals surface area contributed by atoms with E-state index in [9.17, 15) is 0 Å². The molecule has 0 N–H and O–H groups in total. The van der Waals surface area contributed by atoms with Gasteiger partial charge in [0.2, 0.25) is 0 Å². The number of fused-ring (bicyclic) bond motifs is 1. The number of aryl methyl sites for hydroxylation is 1. The number of hydrogen-bond donors (Lipinski definition) is 0. The zero-order valence-electron chi connectivity index (χ0n) is 17.5. The van der Waals surface area contributed by atoms with Crippen LogP contribution in [0, 0.1) is 0 Å². The van der Waals surface area contributed by atoms with Crippen molar-refractivity contribution in [1.29, 1.82) is 0 Å². The van der Waals surface area contributed by atoms with Gasteiger partial charge in [-0.05, 0) is 55.9 Å². The third kappa shape index (κ3) is 6.39. The highest BCUT2D eigenvalue weighted by Crippen LogP contribution is 2.30. The number of hydrogen-bond acceptors (Lipinski definition) is 2. The Balaban J connectivity index is 1.58. The van der Waals surface area contributed by atoms with Crippen LogP contribution in [-0.2, 0) is 6.42 Å². The monoisotopic (exact) mass is 388 g/mol. The van der Waals surface area contributed by atoms with Crippen molar-refractivity contribution in [3.63, 3.8) is 0 Å². The van der Waals surface area contributed by atoms with Gasteiger partial charge in [-0.3, -0.25) is 0 Å². The van der Waals surface area contributed by atoms with E-state index in [1.807, 2.05) is 18.2 Å². The Bertz CT molecular complexity index is 915. The summed E-state index contributed by atoms with van der Waals surface area (Å²) in [4.78, 5) is 0. The number of benzene rings is 2. The zero-order valence-corrected chi connectivity index (χ0v) is 17.5. The number of furan rings is 1. The minimum Gasteiger partial charge on any atom is -0.493 e. The Hall–Kier alpha value is -2.74. The molecular weight excluding hydrogens is 356 g/mol. The van der Waals surface area contributed by atoms with Crippen LogP contribution in [0.1, 0.15) is 51.0 Å². The molecule has 0 aliphatic rings. The maximum absolute atomic E-state index is 6.10. The van der Waals surface area contributed by atoms with Crippen LogP contribution in [0.25, 0.3) is 22.3 Å². The molecule has 0 fully saturated rings. The average Bonchev–Trinajstić information content (AvgIpc) is 3.17. The van der Waals surface area contributed by atoms with E-state index in [-0.39, 0.29) is 0 Å². The summed E-state index contributed by atoms with van der Waals surface area (Å²) in [5.41, 5.74) is 3.39. The minimum atomic E-state index is 0.705. The molecule has 152 valence electrons. The van der Waals surface area contributed by atoms with E-state index < -0.39 is 0 Å². The predicted molar refractivity (Wildman–Crippen MR) is 124 cm³/mol. The van der Waals surface area contributed by atoms with E-state index in [2.05, 4.69) is 62.1 Å². The molecule has 3 rings (SSSR count). The van der Waals surface area contributed by atoms with Crippen LogP contribution >= 0.6 is 0 Å². The summed E-state index contributed by atoms with van der Waals surface area (Å²) >= 11 is 0. The normalized spacial score (nSPS) is 11.3. The van der Waals surface area contributed by atoms with Crippen molar-refractivity contribution >= 4 is 11.0 Å². The fourth-order valence-electron chi connectivity index (χ4n) is 3.36. The molecule has 0 spiro atoms. The molecule has 2 heteroatoms. The molecule has 1 heterocycles. The van der Waals surface area contributed by atoms with E-state index in [0.717, 1.165) is 53.7 Å². The van der Waals surface area contributed by atoms with Crippen molar-refractivity contribution < 1.29 is 9.15 Å². The van der Waals surface area contributed by atoms with E-state index in [4.69, 9.17) is 9.15 Å². The molecule has 0 aliphatic heterocycles. The van der Waals surface area contributed by atoms with Crippen molar-refractivity contribution in [2.75, 3.05) is 6.61 Å². The molecular formula is C27H32O2. The van der Waals surface area contributed by atoms with Crippen LogP contribution in [0.3, 0.4) is 0 Å². The van der Waals surface area contributed by atoms with Gasteiger partial charge in [0, 0.05) is 17.0 Å². The first-order chi connectivity index (χ1) is 14.3. The number of allylic oxidation sites excluding steroid dienone is 3. The molecule has 0 atom stereocenters. The standard InChI is InChI=1S/C27H32O2/c1-3-5-7-8-9-11-19-28-25-18-17-24-20-26(29-27(24)21-25)23-15-13-22(14-16-23)12-10-6-4-2/h3,7-8,13-18,20-21H,1,4-6,9-12,19H2,2H3/b8-7+. The molecule has 3 aromatic rings. The molecule has 1 aromatic heterocycles. The van der Waals surface area contributed by atoms with Gasteiger partial charge in [-0.2, -0.15) is 0 Å². The Labute approximate surface area is 174 Å². The molecule has 0 saturated heterocycles. The first kappa shape index (κ1) is 21.0. The molecule has 0 radical (unpaired) electrons. The summed E-state index contributed by atoms with van der Waals surface area (Å²) < 4.78 is 12.0. The highest BCUT2D eigenvalue weighted by atomic mass is 16.5. The lowest BCUT2D eigenvalue weighted by atomic mass is 10.0. The second-order valence-corrected chi connectivity index (χ2v) is 7.45. The van der Waals surface area contributed by atoms with Crippen molar-refractivity contribution in [2.24, 2.45) is 0 Å². The zero-order chi connectivity index (χ0) is 20.3. The second kappa shape index (κ2) is 11.3. The van der Waals surface area contributed by atoms with Crippen molar-refractivity contribution in [2.45, 2.75) is 51.9 Å². The van der Waals surface area contributed by atoms with Gasteiger partial charge in [0.25, 0.3) is 0 Å². The van der Waals surface area contributed by atoms with E-state index in [0.29, 0.717) is 6.61 Å². The van der Waals surface area contributed by atoms with Gasteiger partial charge in [0.15, 0.2) is 0 Å². The molecule has 0 aliphatic carbocycles. The van der Waals surface area contributed by atoms with Crippen LogP contribution in [0.4, 0.5) is 0 Å². The second-order valence-electron chi connectivity index (χ2n) is 7.45. The van der Waals surface area contributed by atoms with E-state index in [1.54, 1.807) is 0 Å². The van der Waals surface area contributed by atoms with Crippen molar-refractivity contribution in [1.82, 2.24) is 0 Å². The summed E-state index contributed by atoms with van der Waals surface area (Å²) in [6.07, 6.45) is 14.1. The predicted octanol–water partition coefficient (Wildman–Crippen LogP) is 8.12. The highest BCUT2D eigenvalue weighted by molar-refractivity contribution is 5.84. The first-order valence-electron chi connectivity index (χ1n) is 10.8. The van der Waals surface area contributed by atoms with Gasteiger partial charge >= 0.3 is 0 Å². The quantitative estimate of drug-likeness (QED) is 0.231. The number of ether oxygens (including phenoxy) is 1. The smallest absolute Gasteiger partial charge is 0.138 e. The molecule has 2 aromatic carbocycles. The van der Waals surface area contributed by atoms with Gasteiger partial charge in [0.1, 0.15) is 17.1 Å². The molecule has 2 nitrogen and oxygen atoms in total. The summed E-state index contributed by atoms with van der Waals surface area (Å²) in [5, 5.41) is 1.10. The molecule has 0 amide bonds. The van der Waals surface area contributed by atoms with Crippen molar-refractivity contribution in [3.8, 4) is 17.1 Å². The minimum absolute atomic E-state index is 0.705. The first-order valence-corrected chi connectivity index (χ1v) is 10.8. The van der Waals surface area contributed by atoms with Gasteiger partial charge < -0.3 is 9.15 Å². The lowest BCUT2D eigenvalue weighted by Gasteiger charge is -2.04. The SMILES string of the molecule is C=CC/C=C/CCCOc1ccc2cc(-c3ccc(CCCCC)cc3)oc2c1. The maximum Gasteiger partial charge on any atom is 0.138 e. The average molecular weight is 389 g/mol. The maximum atomic E-state index is 6.10. The largest absolute Gasteiger partial charge is 0.493 e. The fourth-order valence-corrected chi connectivity index (χ4v) is 3.36. The topological polar surface area (TPSA) is 22.4 Å². The highest BCUT2D eigenvalue weighted by Gasteiger charge is 2.08. The Kier molecular flexibility index (Phi) is 8.18. The van der Waals surface area contributed by atoms with Gasteiger partial charge in [-0.1, -0.05) is 62.3 Å². The molecule has 0 unspecified atom stereocenters. The Morgan fingerprint density at radius 2 is 1.83 bits per heavy atom. The summed E-state index contributed by atoms with van der Waals surface area (Å²) in [5.74, 6) is 1.77. The number of unbranched alkanes of at least 4 members (excludes halogenated alkanes) is 3. The molecule has 0 saturated carbocycles. The van der Waals surface area contributed by atoms with Gasteiger partial charge in [0.05, 0.1) is 6.61 Å². The van der Waals surface area contributed by atoms with Crippen LogP contribution in [0.15, 0.2) is 77.8 Å². The summed E-state index contributed by atoms with van der Waals surface area (Å²) in [7, 11) is 0. The van der Waals surface area contributed by atoms with E-state index in [1.165, 1.54) is 24.8 Å². The fraction of sp³-hybridized carbons (Fsp3) is 0.333. The Morgan fingerprint density at radius 3 is 2.62 bits per heavy atom. The van der Waals surface area contributed by atoms with Crippen LogP contribution in [-0.4, -0.2) is 6.61 Å². The van der Waals surface area contributed by atoms with Crippen LogP contribution in [0.2, 0.25) is 0 Å². The van der Waals surface area contributed by atoms with Gasteiger partial charge in [-0.15, -0.1) is 6.58 Å². The lowest BCUT2D eigenvalue weighted by molar-refractivity contribution is 0.312. The van der Waals surface area contributed by atoms with Crippen LogP contribution < -0.4 is 4.74 Å². The van der Waals surface area contributed by atoms with Crippen molar-refractivity contribution in [3.05, 3.63) is 78.9 Å². The number of rotatable bonds is 12. The molecule has 29 heavy (non-hydrogen) atoms. The summed E-state index contributed by atoms with van der Waals surface area (Å²) in [6.45, 7) is 6.66. The Morgan fingerprint density at radius 1 is 0.966 bits per heavy atom. The third-order valence-corrected chi connectivity index (χ3v) is 5.05. The lowest BCUT2D eigenvalue weighted by Crippen LogP contribution is -1.96. The summed E-state index contributed by atoms with van der Waals surface area (Å²) in [6, 6.07) is 17.0.